The Bertz CT molecular complexity index is 1830. The molecule has 0 amide bonds. The lowest BCUT2D eigenvalue weighted by atomic mass is 9.89. The summed E-state index contributed by atoms with van der Waals surface area (Å²) in [6.07, 6.45) is 0.748. The fourth-order valence-corrected chi connectivity index (χ4v) is 9.26. The van der Waals surface area contributed by atoms with E-state index in [0.717, 1.165) is 50.0 Å². The number of rotatable bonds is 5. The third-order valence-corrected chi connectivity index (χ3v) is 11.1. The van der Waals surface area contributed by atoms with Gasteiger partial charge in [0.2, 0.25) is 0 Å². The van der Waals surface area contributed by atoms with Crippen LogP contribution in [-0.2, 0) is 11.0 Å². The van der Waals surface area contributed by atoms with E-state index in [9.17, 15) is 0 Å². The van der Waals surface area contributed by atoms with E-state index in [-0.39, 0.29) is 0 Å². The molecule has 0 bridgehead atoms. The average Bonchev–Trinajstić information content (AvgIpc) is 3.39. The molecule has 3 heteroatoms. The third kappa shape index (κ3) is 3.67. The maximum atomic E-state index is 15.9. The molecule has 0 saturated carbocycles. The van der Waals surface area contributed by atoms with Crippen LogP contribution >= 0.6 is 7.14 Å². The smallest absolute Gasteiger partial charge is 0.171 e. The molecule has 0 heterocycles. The first-order valence-corrected chi connectivity index (χ1v) is 14.9. The van der Waals surface area contributed by atoms with Crippen LogP contribution in [0.2, 0.25) is 0 Å². The molecule has 0 spiro atoms. The van der Waals surface area contributed by atoms with Gasteiger partial charge < -0.3 is 9.30 Å². The average molecular weight is 523 g/mol. The Hall–Kier alpha value is -4.39. The summed E-state index contributed by atoms with van der Waals surface area (Å²) in [6, 6.07) is 45.5. The minimum absolute atomic E-state index is 0.748. The number of benzene rings is 6. The molecular weight excluding hydrogens is 495 g/mol. The first-order valence-electron chi connectivity index (χ1n) is 13.2. The van der Waals surface area contributed by atoms with Gasteiger partial charge in [0.1, 0.15) is 5.75 Å². The van der Waals surface area contributed by atoms with Gasteiger partial charge in [-0.1, -0.05) is 121 Å². The lowest BCUT2D eigenvalue weighted by Crippen LogP contribution is -2.28. The monoisotopic (exact) mass is 522 g/mol. The van der Waals surface area contributed by atoms with Crippen molar-refractivity contribution in [3.8, 4) is 28.0 Å². The van der Waals surface area contributed by atoms with Gasteiger partial charge in [-0.25, -0.2) is 0 Å². The van der Waals surface area contributed by atoms with Crippen molar-refractivity contribution in [2.24, 2.45) is 0 Å². The molecule has 7 rings (SSSR count). The van der Waals surface area contributed by atoms with E-state index in [4.69, 9.17) is 4.74 Å². The maximum Gasteiger partial charge on any atom is 0.171 e. The van der Waals surface area contributed by atoms with Gasteiger partial charge in [-0.3, -0.25) is 0 Å². The highest BCUT2D eigenvalue weighted by molar-refractivity contribution is 7.85. The highest BCUT2D eigenvalue weighted by Gasteiger charge is 2.38. The van der Waals surface area contributed by atoms with E-state index in [2.05, 4.69) is 60.7 Å². The molecule has 0 atom stereocenters. The lowest BCUT2D eigenvalue weighted by molar-refractivity contribution is 0.415. The summed E-state index contributed by atoms with van der Waals surface area (Å²) in [6.45, 7) is 0. The molecule has 0 unspecified atom stereocenters. The molecule has 6 aromatic rings. The zero-order chi connectivity index (χ0) is 26.4. The molecule has 0 aromatic heterocycles. The van der Waals surface area contributed by atoms with Crippen LogP contribution in [0.15, 0.2) is 133 Å². The number of fused-ring (bicyclic) bond motifs is 4. The number of hydrogen-bond donors (Lipinski definition) is 0. The second-order valence-corrected chi connectivity index (χ2v) is 12.7. The molecule has 0 saturated heterocycles. The van der Waals surface area contributed by atoms with Crippen molar-refractivity contribution in [2.75, 3.05) is 7.11 Å². The second-order valence-electron chi connectivity index (χ2n) is 9.97. The number of ether oxygens (including phenoxy) is 1. The molecule has 0 radical (unpaired) electrons. The van der Waals surface area contributed by atoms with Gasteiger partial charge in [0.05, 0.1) is 7.11 Å². The second kappa shape index (κ2) is 9.42. The van der Waals surface area contributed by atoms with Crippen LogP contribution in [0.25, 0.3) is 33.0 Å². The molecule has 188 valence electrons. The molecule has 39 heavy (non-hydrogen) atoms. The normalized spacial score (nSPS) is 12.2. The van der Waals surface area contributed by atoms with E-state index in [0.29, 0.717) is 0 Å². The van der Waals surface area contributed by atoms with E-state index >= 15 is 4.57 Å². The van der Waals surface area contributed by atoms with Crippen molar-refractivity contribution < 1.29 is 9.30 Å². The van der Waals surface area contributed by atoms with Crippen LogP contribution in [0.5, 0.6) is 5.75 Å². The SMILES string of the molecule is COc1ccc(-c2c3c(c(P(=O)(c4ccccc4)c4ccccc4)c4ccccc24)Cc2ccccc2-3)cc1. The van der Waals surface area contributed by atoms with Crippen LogP contribution in [0.1, 0.15) is 11.1 Å². The van der Waals surface area contributed by atoms with E-state index in [1.165, 1.54) is 22.3 Å². The number of hydrogen-bond acceptors (Lipinski definition) is 2. The van der Waals surface area contributed by atoms with E-state index in [1.54, 1.807) is 7.11 Å². The zero-order valence-corrected chi connectivity index (χ0v) is 22.6. The third-order valence-electron chi connectivity index (χ3n) is 7.88. The molecule has 0 fully saturated rings. The molecule has 1 aliphatic carbocycles. The van der Waals surface area contributed by atoms with Gasteiger partial charge in [0.15, 0.2) is 7.14 Å². The van der Waals surface area contributed by atoms with Gasteiger partial charge in [-0.15, -0.1) is 0 Å². The summed E-state index contributed by atoms with van der Waals surface area (Å²) < 4.78 is 21.3. The minimum Gasteiger partial charge on any atom is -0.497 e. The summed E-state index contributed by atoms with van der Waals surface area (Å²) in [4.78, 5) is 0. The Labute approximate surface area is 228 Å². The van der Waals surface area contributed by atoms with E-state index in [1.807, 2.05) is 72.8 Å². The van der Waals surface area contributed by atoms with Crippen LogP contribution in [0.3, 0.4) is 0 Å². The molecule has 0 N–H and O–H groups in total. The summed E-state index contributed by atoms with van der Waals surface area (Å²) in [5, 5.41) is 4.83. The minimum atomic E-state index is -3.24. The molecule has 1 aliphatic rings. The summed E-state index contributed by atoms with van der Waals surface area (Å²) in [7, 11) is -1.54. The van der Waals surface area contributed by atoms with Gasteiger partial charge in [-0.05, 0) is 62.7 Å². The van der Waals surface area contributed by atoms with Crippen molar-refractivity contribution in [3.63, 3.8) is 0 Å². The Morgan fingerprint density at radius 3 is 1.79 bits per heavy atom. The standard InChI is InChI=1S/C36H27O2P/c1-38-27-22-20-25(21-23-27)34-31-18-10-11-19-32(31)36(33-24-26-12-8-9-17-30(26)35(33)34)39(37,28-13-4-2-5-14-28)29-15-6-3-7-16-29/h2-23H,24H2,1H3. The van der Waals surface area contributed by atoms with Gasteiger partial charge in [0, 0.05) is 15.9 Å². The van der Waals surface area contributed by atoms with Crippen molar-refractivity contribution in [3.05, 3.63) is 145 Å². The molecule has 0 aliphatic heterocycles. The van der Waals surface area contributed by atoms with Crippen LogP contribution < -0.4 is 20.7 Å². The van der Waals surface area contributed by atoms with E-state index < -0.39 is 7.14 Å². The van der Waals surface area contributed by atoms with Crippen molar-refractivity contribution in [2.45, 2.75) is 6.42 Å². The first kappa shape index (κ1) is 23.7. The predicted octanol–water partition coefficient (Wildman–Crippen LogP) is 7.73. The van der Waals surface area contributed by atoms with Gasteiger partial charge in [0.25, 0.3) is 0 Å². The number of methoxy groups -OCH3 is 1. The van der Waals surface area contributed by atoms with Gasteiger partial charge >= 0.3 is 0 Å². The van der Waals surface area contributed by atoms with Crippen LogP contribution in [0, 0.1) is 0 Å². The largest absolute Gasteiger partial charge is 0.497 e. The first-order chi connectivity index (χ1) is 19.2. The Balaban J connectivity index is 1.66. The lowest BCUT2D eigenvalue weighted by Gasteiger charge is -2.26. The summed E-state index contributed by atoms with van der Waals surface area (Å²) in [5.41, 5.74) is 7.16. The van der Waals surface area contributed by atoms with Crippen LogP contribution in [0.4, 0.5) is 0 Å². The highest BCUT2D eigenvalue weighted by Crippen LogP contribution is 2.53. The molecule has 6 aromatic carbocycles. The fourth-order valence-electron chi connectivity index (χ4n) is 6.15. The maximum absolute atomic E-state index is 15.9. The van der Waals surface area contributed by atoms with Crippen LogP contribution in [-0.4, -0.2) is 7.11 Å². The Morgan fingerprint density at radius 1 is 0.590 bits per heavy atom. The van der Waals surface area contributed by atoms with Crippen molar-refractivity contribution >= 4 is 33.8 Å². The van der Waals surface area contributed by atoms with Crippen molar-refractivity contribution in [1.82, 2.24) is 0 Å². The fraction of sp³-hybridized carbons (Fsp3) is 0.0556. The Kier molecular flexibility index (Phi) is 5.72. The molecular formula is C36H27O2P. The van der Waals surface area contributed by atoms with Gasteiger partial charge in [-0.2, -0.15) is 0 Å². The zero-order valence-electron chi connectivity index (χ0n) is 21.7. The predicted molar refractivity (Wildman–Crippen MR) is 164 cm³/mol. The Morgan fingerprint density at radius 2 is 1.15 bits per heavy atom. The summed E-state index contributed by atoms with van der Waals surface area (Å²) in [5.74, 6) is 0.828. The summed E-state index contributed by atoms with van der Waals surface area (Å²) >= 11 is 0. The quantitative estimate of drug-likeness (QED) is 0.216. The van der Waals surface area contributed by atoms with Crippen molar-refractivity contribution in [1.29, 1.82) is 0 Å². The topological polar surface area (TPSA) is 26.3 Å². The molecule has 2 nitrogen and oxygen atoms in total. The highest BCUT2D eigenvalue weighted by atomic mass is 31.2.